The van der Waals surface area contributed by atoms with Gasteiger partial charge in [-0.15, -0.1) is 0 Å². The third kappa shape index (κ3) is 4.15. The van der Waals surface area contributed by atoms with Crippen LogP contribution in [0.3, 0.4) is 0 Å². The minimum absolute atomic E-state index is 0.0197. The maximum absolute atomic E-state index is 13.1. The summed E-state index contributed by atoms with van der Waals surface area (Å²) in [6, 6.07) is 14.6. The Morgan fingerprint density at radius 3 is 2.45 bits per heavy atom. The fourth-order valence-electron chi connectivity index (χ4n) is 3.19. The first-order valence-corrected chi connectivity index (χ1v) is 11.3. The highest BCUT2D eigenvalue weighted by atomic mass is 35.5. The van der Waals surface area contributed by atoms with Crippen molar-refractivity contribution >= 4 is 56.6 Å². The monoisotopic (exact) mass is 474 g/mol. The van der Waals surface area contributed by atoms with Gasteiger partial charge in [-0.1, -0.05) is 23.2 Å². The minimum atomic E-state index is -3.78. The molecule has 1 amide bonds. The van der Waals surface area contributed by atoms with Crippen LogP contribution in [0.25, 0.3) is 11.8 Å². The van der Waals surface area contributed by atoms with E-state index < -0.39 is 10.0 Å². The smallest absolute Gasteiger partial charge is 0.280 e. The Morgan fingerprint density at radius 2 is 1.77 bits per heavy atom. The molecule has 31 heavy (non-hydrogen) atoms. The number of nitrogens with two attached hydrogens (primary N) is 1. The van der Waals surface area contributed by atoms with Gasteiger partial charge in [-0.2, -0.15) is 10.1 Å². The molecule has 0 saturated heterocycles. The summed E-state index contributed by atoms with van der Waals surface area (Å²) in [6.45, 7) is 1.73. The van der Waals surface area contributed by atoms with Crippen LogP contribution in [0.4, 0.5) is 5.69 Å². The van der Waals surface area contributed by atoms with Gasteiger partial charge in [-0.25, -0.2) is 13.6 Å². The molecule has 0 fully saturated rings. The molecule has 0 aliphatic carbocycles. The molecular weight excluding hydrogens is 459 g/mol. The molecule has 1 aromatic heterocycles. The van der Waals surface area contributed by atoms with Crippen molar-refractivity contribution in [3.63, 3.8) is 0 Å². The van der Waals surface area contributed by atoms with Crippen LogP contribution in [0.1, 0.15) is 12.6 Å². The minimum Gasteiger partial charge on any atom is -0.317 e. The number of rotatable bonds is 4. The van der Waals surface area contributed by atoms with Crippen LogP contribution in [0.2, 0.25) is 10.0 Å². The van der Waals surface area contributed by atoms with Crippen LogP contribution in [-0.2, 0) is 14.8 Å². The standard InChI is InChI=1S/C21H16Cl2N4O3S/c1-13-18(21(28)27(25-13)20-11-14(22)4-9-19(20)23)12-16-3-2-10-26(16)15-5-7-17(8-6-15)31(24,29)30/h2-12H,1H3,(H2,24,29,30)/b18-12-. The van der Waals surface area contributed by atoms with Gasteiger partial charge in [0.15, 0.2) is 0 Å². The van der Waals surface area contributed by atoms with E-state index in [0.29, 0.717) is 38.4 Å². The summed E-state index contributed by atoms with van der Waals surface area (Å²) in [5.74, 6) is -0.334. The van der Waals surface area contributed by atoms with Crippen molar-refractivity contribution in [3.05, 3.63) is 82.1 Å². The summed E-state index contributed by atoms with van der Waals surface area (Å²) < 4.78 is 24.8. The van der Waals surface area contributed by atoms with Gasteiger partial charge >= 0.3 is 0 Å². The summed E-state index contributed by atoms with van der Waals surface area (Å²) in [5.41, 5.74) is 2.74. The number of sulfonamides is 1. The van der Waals surface area contributed by atoms with E-state index in [1.54, 1.807) is 49.5 Å². The molecule has 0 radical (unpaired) electrons. The molecule has 2 N–H and O–H groups in total. The number of anilines is 1. The average molecular weight is 475 g/mol. The van der Waals surface area contributed by atoms with Gasteiger partial charge in [0.25, 0.3) is 5.91 Å². The topological polar surface area (TPSA) is 97.8 Å². The van der Waals surface area contributed by atoms with Crippen LogP contribution in [0.15, 0.2) is 76.4 Å². The Labute approximate surface area is 189 Å². The third-order valence-electron chi connectivity index (χ3n) is 4.71. The van der Waals surface area contributed by atoms with Gasteiger partial charge in [0.1, 0.15) is 0 Å². The fraction of sp³-hybridized carbons (Fsp3) is 0.0476. The lowest BCUT2D eigenvalue weighted by molar-refractivity contribution is -0.114. The molecule has 10 heteroatoms. The molecule has 1 aliphatic heterocycles. The second-order valence-electron chi connectivity index (χ2n) is 6.80. The highest BCUT2D eigenvalue weighted by Crippen LogP contribution is 2.33. The first-order valence-electron chi connectivity index (χ1n) is 9.02. The maximum atomic E-state index is 13.1. The molecule has 1 aliphatic rings. The Balaban J connectivity index is 1.69. The highest BCUT2D eigenvalue weighted by molar-refractivity contribution is 7.89. The van der Waals surface area contributed by atoms with E-state index in [2.05, 4.69) is 5.10 Å². The van der Waals surface area contributed by atoms with Crippen molar-refractivity contribution in [1.29, 1.82) is 0 Å². The molecule has 158 valence electrons. The molecule has 0 atom stereocenters. The lowest BCUT2D eigenvalue weighted by Crippen LogP contribution is -2.21. The van der Waals surface area contributed by atoms with Gasteiger partial charge in [0, 0.05) is 22.6 Å². The zero-order valence-electron chi connectivity index (χ0n) is 16.2. The van der Waals surface area contributed by atoms with Crippen molar-refractivity contribution in [3.8, 4) is 5.69 Å². The van der Waals surface area contributed by atoms with E-state index in [-0.39, 0.29) is 10.8 Å². The normalized spacial score (nSPS) is 15.6. The fourth-order valence-corrected chi connectivity index (χ4v) is 4.07. The number of amides is 1. The van der Waals surface area contributed by atoms with E-state index in [9.17, 15) is 13.2 Å². The molecule has 7 nitrogen and oxygen atoms in total. The molecule has 2 heterocycles. The Morgan fingerprint density at radius 1 is 1.06 bits per heavy atom. The number of hydrogen-bond donors (Lipinski definition) is 1. The molecule has 0 spiro atoms. The van der Waals surface area contributed by atoms with Gasteiger partial charge in [-0.05, 0) is 67.6 Å². The first-order chi connectivity index (χ1) is 14.6. The van der Waals surface area contributed by atoms with E-state index in [1.165, 1.54) is 17.1 Å². The highest BCUT2D eigenvalue weighted by Gasteiger charge is 2.30. The predicted molar refractivity (Wildman–Crippen MR) is 122 cm³/mol. The number of benzene rings is 2. The van der Waals surface area contributed by atoms with Gasteiger partial charge in [0.05, 0.1) is 26.9 Å². The van der Waals surface area contributed by atoms with E-state index >= 15 is 0 Å². The number of carbonyl (C=O) groups is 1. The second kappa shape index (κ2) is 7.97. The van der Waals surface area contributed by atoms with Crippen molar-refractivity contribution in [2.24, 2.45) is 10.2 Å². The van der Waals surface area contributed by atoms with Crippen molar-refractivity contribution in [2.75, 3.05) is 5.01 Å². The number of primary sulfonamides is 1. The molecule has 0 unspecified atom stereocenters. The lowest BCUT2D eigenvalue weighted by Gasteiger charge is -2.14. The average Bonchev–Trinajstić information content (AvgIpc) is 3.29. The molecule has 3 aromatic rings. The second-order valence-corrected chi connectivity index (χ2v) is 9.20. The van der Waals surface area contributed by atoms with Crippen molar-refractivity contribution < 1.29 is 13.2 Å². The first kappa shape index (κ1) is 21.3. The Kier molecular flexibility index (Phi) is 5.49. The summed E-state index contributed by atoms with van der Waals surface area (Å²) in [6.07, 6.45) is 3.52. The number of hydrazone groups is 1. The molecule has 4 rings (SSSR count). The third-order valence-corrected chi connectivity index (χ3v) is 6.20. The van der Waals surface area contributed by atoms with Gasteiger partial charge in [0.2, 0.25) is 10.0 Å². The predicted octanol–water partition coefficient (Wildman–Crippen LogP) is 4.24. The number of carbonyl (C=O) groups excluding carboxylic acids is 1. The largest absolute Gasteiger partial charge is 0.317 e. The molecular formula is C21H16Cl2N4O3S. The number of hydrogen-bond acceptors (Lipinski definition) is 4. The molecule has 0 saturated carbocycles. The lowest BCUT2D eigenvalue weighted by atomic mass is 10.1. The summed E-state index contributed by atoms with van der Waals surface area (Å²) >= 11 is 12.3. The van der Waals surface area contributed by atoms with Crippen LogP contribution in [0.5, 0.6) is 0 Å². The SMILES string of the molecule is CC1=NN(c2cc(Cl)ccc2Cl)C(=O)/C1=C\c1cccn1-c1ccc(S(N)(=O)=O)cc1. The quantitative estimate of drug-likeness (QED) is 0.572. The van der Waals surface area contributed by atoms with Crippen LogP contribution < -0.4 is 10.1 Å². The summed E-state index contributed by atoms with van der Waals surface area (Å²) in [7, 11) is -3.78. The summed E-state index contributed by atoms with van der Waals surface area (Å²) in [4.78, 5) is 13.1. The van der Waals surface area contributed by atoms with Crippen LogP contribution in [-0.4, -0.2) is 24.6 Å². The van der Waals surface area contributed by atoms with Crippen LogP contribution in [0, 0.1) is 0 Å². The molecule has 0 bridgehead atoms. The molecule has 2 aromatic carbocycles. The Bertz CT molecular complexity index is 1360. The Hall–Kier alpha value is -2.91. The van der Waals surface area contributed by atoms with E-state index in [1.807, 2.05) is 16.7 Å². The number of aromatic nitrogens is 1. The van der Waals surface area contributed by atoms with Gasteiger partial charge < -0.3 is 4.57 Å². The van der Waals surface area contributed by atoms with Crippen molar-refractivity contribution in [2.45, 2.75) is 11.8 Å². The van der Waals surface area contributed by atoms with Gasteiger partial charge in [-0.3, -0.25) is 4.79 Å². The van der Waals surface area contributed by atoms with Crippen molar-refractivity contribution in [1.82, 2.24) is 4.57 Å². The number of nitrogens with zero attached hydrogens (tertiary/aromatic N) is 3. The van der Waals surface area contributed by atoms with E-state index in [4.69, 9.17) is 28.3 Å². The maximum Gasteiger partial charge on any atom is 0.280 e. The zero-order valence-corrected chi connectivity index (χ0v) is 18.5. The number of halogens is 2. The van der Waals surface area contributed by atoms with E-state index in [0.717, 1.165) is 0 Å². The van der Waals surface area contributed by atoms with Crippen LogP contribution >= 0.6 is 23.2 Å². The summed E-state index contributed by atoms with van der Waals surface area (Å²) in [5, 5.41) is 11.5. The zero-order chi connectivity index (χ0) is 22.3.